The summed E-state index contributed by atoms with van der Waals surface area (Å²) in [5, 5.41) is 2.88. The molecule has 1 atom stereocenters. The van der Waals surface area contributed by atoms with Crippen LogP contribution < -0.4 is 19.1 Å². The van der Waals surface area contributed by atoms with Crippen molar-refractivity contribution in [3.05, 3.63) is 119 Å². The number of carbonyl (C=O) groups is 2. The Morgan fingerprint density at radius 2 is 1.46 bits per heavy atom. The molecule has 0 spiro atoms. The lowest BCUT2D eigenvalue weighted by atomic mass is 10.0. The van der Waals surface area contributed by atoms with Crippen LogP contribution in [0.25, 0.3) is 0 Å². The van der Waals surface area contributed by atoms with Gasteiger partial charge in [0.25, 0.3) is 10.0 Å². The van der Waals surface area contributed by atoms with E-state index >= 15 is 0 Å². The molecule has 0 bridgehead atoms. The third-order valence-corrected chi connectivity index (χ3v) is 9.37. The van der Waals surface area contributed by atoms with E-state index in [0.29, 0.717) is 18.0 Å². The molecular weight excluding hydrogens is 602 g/mol. The minimum absolute atomic E-state index is 0.0756. The Morgan fingerprint density at radius 1 is 0.783 bits per heavy atom. The Morgan fingerprint density at radius 3 is 2.09 bits per heavy atom. The lowest BCUT2D eigenvalue weighted by Gasteiger charge is -2.34. The number of hydrogen-bond acceptors (Lipinski definition) is 6. The molecule has 0 aliphatic heterocycles. The number of likely N-dealkylation sites (N-methyl/N-ethyl adjacent to an activating group) is 1. The van der Waals surface area contributed by atoms with E-state index in [9.17, 15) is 18.0 Å². The van der Waals surface area contributed by atoms with Crippen LogP contribution in [0, 0.1) is 13.8 Å². The molecule has 242 valence electrons. The monoisotopic (exact) mass is 643 g/mol. The molecule has 10 heteroatoms. The third kappa shape index (κ3) is 8.25. The average molecular weight is 644 g/mol. The van der Waals surface area contributed by atoms with Gasteiger partial charge in [0.2, 0.25) is 11.8 Å². The Bertz CT molecular complexity index is 1740. The van der Waals surface area contributed by atoms with Crippen LogP contribution in [0.1, 0.15) is 29.2 Å². The summed E-state index contributed by atoms with van der Waals surface area (Å²) in [4.78, 5) is 29.6. The summed E-state index contributed by atoms with van der Waals surface area (Å²) in [7, 11) is -1.41. The molecule has 0 aliphatic rings. The number of sulfonamides is 1. The maximum Gasteiger partial charge on any atom is 0.264 e. The van der Waals surface area contributed by atoms with Crippen molar-refractivity contribution >= 4 is 27.5 Å². The number of anilines is 1. The van der Waals surface area contributed by atoms with E-state index in [1.807, 2.05) is 75.4 Å². The highest BCUT2D eigenvalue weighted by Crippen LogP contribution is 2.32. The Kier molecular flexibility index (Phi) is 11.4. The van der Waals surface area contributed by atoms with Crippen LogP contribution >= 0.6 is 0 Å². The fourth-order valence-corrected chi connectivity index (χ4v) is 6.63. The normalized spacial score (nSPS) is 11.8. The quantitative estimate of drug-likeness (QED) is 0.200. The predicted molar refractivity (Wildman–Crippen MR) is 180 cm³/mol. The Labute approximate surface area is 271 Å². The molecule has 46 heavy (non-hydrogen) atoms. The molecule has 0 radical (unpaired) electrons. The summed E-state index contributed by atoms with van der Waals surface area (Å²) in [6.07, 6.45) is 0.247. The number of nitrogens with one attached hydrogen (secondary N) is 1. The van der Waals surface area contributed by atoms with E-state index in [2.05, 4.69) is 5.32 Å². The van der Waals surface area contributed by atoms with Crippen molar-refractivity contribution in [2.45, 2.75) is 44.7 Å². The molecule has 0 saturated carbocycles. The SMILES string of the molecule is CCNC(=O)C(Cc1ccccc1)N(Cc1cccc(C)c1)C(=O)CN(c1ccc(C)cc1)S(=O)(=O)c1ccc(OC)c(OC)c1. The number of benzene rings is 4. The van der Waals surface area contributed by atoms with Gasteiger partial charge in [0.05, 0.1) is 24.8 Å². The molecular formula is C36H41N3O6S. The highest BCUT2D eigenvalue weighted by Gasteiger charge is 2.35. The number of amides is 2. The number of rotatable bonds is 14. The van der Waals surface area contributed by atoms with E-state index in [1.165, 1.54) is 37.3 Å². The Balaban J connectivity index is 1.82. The van der Waals surface area contributed by atoms with Crippen LogP contribution in [0.5, 0.6) is 11.5 Å². The highest BCUT2D eigenvalue weighted by atomic mass is 32.2. The summed E-state index contributed by atoms with van der Waals surface area (Å²) < 4.78 is 40.4. The van der Waals surface area contributed by atoms with Gasteiger partial charge >= 0.3 is 0 Å². The van der Waals surface area contributed by atoms with Crippen molar-refractivity contribution in [3.8, 4) is 11.5 Å². The van der Waals surface area contributed by atoms with Crippen molar-refractivity contribution in [1.29, 1.82) is 0 Å². The van der Waals surface area contributed by atoms with Gasteiger partial charge in [-0.25, -0.2) is 8.42 Å². The zero-order valence-electron chi connectivity index (χ0n) is 26.9. The number of hydrogen-bond donors (Lipinski definition) is 1. The molecule has 1 unspecified atom stereocenters. The van der Waals surface area contributed by atoms with E-state index < -0.39 is 28.5 Å². The van der Waals surface area contributed by atoms with Crippen molar-refractivity contribution in [2.24, 2.45) is 0 Å². The van der Waals surface area contributed by atoms with E-state index in [0.717, 1.165) is 26.6 Å². The molecule has 0 saturated heterocycles. The molecule has 9 nitrogen and oxygen atoms in total. The summed E-state index contributed by atoms with van der Waals surface area (Å²) in [6.45, 7) is 5.60. The van der Waals surface area contributed by atoms with Crippen LogP contribution in [0.4, 0.5) is 5.69 Å². The van der Waals surface area contributed by atoms with Crippen molar-refractivity contribution in [3.63, 3.8) is 0 Å². The lowest BCUT2D eigenvalue weighted by Crippen LogP contribution is -2.53. The number of carbonyl (C=O) groups excluding carboxylic acids is 2. The predicted octanol–water partition coefficient (Wildman–Crippen LogP) is 5.29. The molecule has 0 fully saturated rings. The van der Waals surface area contributed by atoms with Crippen LogP contribution in [0.3, 0.4) is 0 Å². The molecule has 0 heterocycles. The van der Waals surface area contributed by atoms with E-state index in [1.54, 1.807) is 24.3 Å². The van der Waals surface area contributed by atoms with Gasteiger partial charge in [-0.05, 0) is 56.2 Å². The molecule has 4 aromatic carbocycles. The third-order valence-electron chi connectivity index (χ3n) is 7.60. The average Bonchev–Trinajstić information content (AvgIpc) is 3.05. The minimum Gasteiger partial charge on any atom is -0.493 e. The van der Waals surface area contributed by atoms with Crippen LogP contribution in [0.2, 0.25) is 0 Å². The number of aryl methyl sites for hydroxylation is 2. The first-order valence-corrected chi connectivity index (χ1v) is 16.5. The number of nitrogens with zero attached hydrogens (tertiary/aromatic N) is 2. The van der Waals surface area contributed by atoms with Gasteiger partial charge < -0.3 is 19.7 Å². The fraction of sp³-hybridized carbons (Fsp3) is 0.278. The number of methoxy groups -OCH3 is 2. The maximum atomic E-state index is 14.5. The summed E-state index contributed by atoms with van der Waals surface area (Å²) >= 11 is 0. The zero-order chi connectivity index (χ0) is 33.3. The molecule has 0 aromatic heterocycles. The van der Waals surface area contributed by atoms with Crippen molar-refractivity contribution in [2.75, 3.05) is 31.6 Å². The van der Waals surface area contributed by atoms with Crippen LogP contribution in [-0.4, -0.2) is 58.5 Å². The second kappa shape index (κ2) is 15.4. The molecule has 2 amide bonds. The first kappa shape index (κ1) is 34.1. The minimum atomic E-state index is -4.30. The molecule has 4 rings (SSSR count). The Hall–Kier alpha value is -4.83. The van der Waals surface area contributed by atoms with Crippen molar-refractivity contribution in [1.82, 2.24) is 10.2 Å². The second-order valence-electron chi connectivity index (χ2n) is 11.0. The van der Waals surface area contributed by atoms with Gasteiger partial charge in [0.15, 0.2) is 11.5 Å². The van der Waals surface area contributed by atoms with E-state index in [4.69, 9.17) is 9.47 Å². The van der Waals surface area contributed by atoms with Gasteiger partial charge in [0.1, 0.15) is 12.6 Å². The second-order valence-corrected chi connectivity index (χ2v) is 12.8. The summed E-state index contributed by atoms with van der Waals surface area (Å²) in [6, 6.07) is 27.4. The van der Waals surface area contributed by atoms with Gasteiger partial charge in [-0.15, -0.1) is 0 Å². The first-order chi connectivity index (χ1) is 22.1. The molecule has 1 N–H and O–H groups in total. The fourth-order valence-electron chi connectivity index (χ4n) is 5.20. The maximum absolute atomic E-state index is 14.5. The molecule has 4 aromatic rings. The molecule has 0 aliphatic carbocycles. The van der Waals surface area contributed by atoms with Crippen LogP contribution in [0.15, 0.2) is 102 Å². The zero-order valence-corrected chi connectivity index (χ0v) is 27.7. The van der Waals surface area contributed by atoms with Crippen LogP contribution in [-0.2, 0) is 32.6 Å². The lowest BCUT2D eigenvalue weighted by molar-refractivity contribution is -0.140. The summed E-state index contributed by atoms with van der Waals surface area (Å²) in [5.41, 5.74) is 3.93. The smallest absolute Gasteiger partial charge is 0.264 e. The first-order valence-electron chi connectivity index (χ1n) is 15.1. The highest BCUT2D eigenvalue weighted by molar-refractivity contribution is 7.92. The van der Waals surface area contributed by atoms with Gasteiger partial charge in [-0.2, -0.15) is 0 Å². The van der Waals surface area contributed by atoms with Gasteiger partial charge in [-0.1, -0.05) is 77.9 Å². The topological polar surface area (TPSA) is 105 Å². The summed E-state index contributed by atoms with van der Waals surface area (Å²) in [5.74, 6) is -0.247. The van der Waals surface area contributed by atoms with Gasteiger partial charge in [0, 0.05) is 25.6 Å². The largest absolute Gasteiger partial charge is 0.493 e. The standard InChI is InChI=1S/C36H41N3O6S/c1-6-37-36(41)32(22-28-12-8-7-9-13-28)38(24-29-14-10-11-27(3)21-29)35(40)25-39(30-17-15-26(2)16-18-30)46(42,43)31-19-20-33(44-4)34(23-31)45-5/h7-21,23,32H,6,22,24-25H2,1-5H3,(H,37,41). The number of ether oxygens (including phenoxy) is 2. The van der Waals surface area contributed by atoms with Gasteiger partial charge in [-0.3, -0.25) is 13.9 Å². The van der Waals surface area contributed by atoms with E-state index in [-0.39, 0.29) is 29.5 Å². The van der Waals surface area contributed by atoms with Crippen molar-refractivity contribution < 1.29 is 27.5 Å².